The third-order valence-electron chi connectivity index (χ3n) is 11.2. The minimum absolute atomic E-state index is 0.0766. The lowest BCUT2D eigenvalue weighted by Gasteiger charge is -2.32. The Hall–Kier alpha value is -3.93. The Morgan fingerprint density at radius 1 is 1.12 bits per heavy atom. The van der Waals surface area contributed by atoms with E-state index in [-0.39, 0.29) is 24.3 Å². The number of carbonyl (C=O) groups is 2. The van der Waals surface area contributed by atoms with Crippen molar-refractivity contribution in [1.29, 1.82) is 0 Å². The number of benzene rings is 2. The van der Waals surface area contributed by atoms with Crippen molar-refractivity contribution in [2.75, 3.05) is 29.5 Å². The van der Waals surface area contributed by atoms with Crippen LogP contribution in [0.5, 0.6) is 0 Å². The van der Waals surface area contributed by atoms with Gasteiger partial charge in [0.15, 0.2) is 5.60 Å². The molecule has 3 aliphatic heterocycles. The van der Waals surface area contributed by atoms with Gasteiger partial charge in [-0.3, -0.25) is 14.3 Å². The third-order valence-corrected chi connectivity index (χ3v) is 13.7. The molecule has 0 aliphatic carbocycles. The molecule has 0 radical (unpaired) electrons. The maximum atomic E-state index is 16.6. The lowest BCUT2D eigenvalue weighted by Crippen LogP contribution is -2.45. The Balaban J connectivity index is 1.32. The van der Waals surface area contributed by atoms with Gasteiger partial charge in [-0.2, -0.15) is 0 Å². The highest BCUT2D eigenvalue weighted by molar-refractivity contribution is 6.72. The summed E-state index contributed by atoms with van der Waals surface area (Å²) in [7, 11) is -3.39. The molecule has 2 fully saturated rings. The van der Waals surface area contributed by atoms with Crippen molar-refractivity contribution in [3.8, 4) is 0 Å². The summed E-state index contributed by atoms with van der Waals surface area (Å²) in [6, 6.07) is 15.6. The van der Waals surface area contributed by atoms with Crippen molar-refractivity contribution >= 4 is 31.6 Å². The first-order valence-corrected chi connectivity index (χ1v) is 21.8. The molecule has 6 rings (SSSR count). The quantitative estimate of drug-likeness (QED) is 0.110. The van der Waals surface area contributed by atoms with Crippen LogP contribution in [0, 0.1) is 5.92 Å². The highest BCUT2D eigenvalue weighted by Crippen LogP contribution is 2.60. The SMILES string of the molecule is CC(C)=CCC/C(C)=C/CN1C(=O)[C@@]2(O[C@@H](CCn3cc(C(CO)c4ccccc4)nn3)[C@H]([Si](C)(C)F)[C@H]2C)c2cc(N3CCCCC3=O)ccc21. The van der Waals surface area contributed by atoms with E-state index < -0.39 is 31.6 Å². The van der Waals surface area contributed by atoms with Crippen molar-refractivity contribution in [2.45, 2.75) is 109 Å². The van der Waals surface area contributed by atoms with Gasteiger partial charge in [0.05, 0.1) is 30.0 Å². The summed E-state index contributed by atoms with van der Waals surface area (Å²) < 4.78 is 25.3. The number of piperidine rings is 1. The maximum absolute atomic E-state index is 16.6. The zero-order chi connectivity index (χ0) is 37.2. The first-order chi connectivity index (χ1) is 24.8. The van der Waals surface area contributed by atoms with Gasteiger partial charge in [0.25, 0.3) is 5.91 Å². The van der Waals surface area contributed by atoms with Crippen molar-refractivity contribution < 1.29 is 23.5 Å². The molecule has 3 aliphatic rings. The topological polar surface area (TPSA) is 101 Å². The Labute approximate surface area is 308 Å². The molecule has 1 aromatic heterocycles. The standard InChI is InChI=1S/C41H54FN5O4Si/c1-28(2)13-12-14-29(3)20-24-47-36-19-18-32(46-22-11-10-17-38(46)49)25-34(36)41(40(47)50)30(4)39(52(5,6)42)37(51-41)21-23-45-26-35(43-44-45)33(27-48)31-15-8-7-9-16-31/h7-9,13,15-16,18-20,25-26,30,33,37,39,48H,10-12,14,17,21-24,27H2,1-6H3/b29-20+/t30-,33?,37+,39-,41+/m1/s1. The van der Waals surface area contributed by atoms with Crippen LogP contribution < -0.4 is 9.80 Å². The number of allylic oxidation sites excluding steroid dienone is 3. The molecule has 52 heavy (non-hydrogen) atoms. The number of ether oxygens (including phenoxy) is 1. The second-order valence-electron chi connectivity index (χ2n) is 15.6. The minimum Gasteiger partial charge on any atom is -0.395 e. The summed E-state index contributed by atoms with van der Waals surface area (Å²) >= 11 is 0. The Morgan fingerprint density at radius 2 is 1.88 bits per heavy atom. The van der Waals surface area contributed by atoms with E-state index in [2.05, 4.69) is 43.2 Å². The summed E-state index contributed by atoms with van der Waals surface area (Å²) in [4.78, 5) is 31.6. The van der Waals surface area contributed by atoms with Gasteiger partial charge in [-0.15, -0.1) is 5.10 Å². The zero-order valence-corrected chi connectivity index (χ0v) is 32.5. The fourth-order valence-electron chi connectivity index (χ4n) is 8.57. The van der Waals surface area contributed by atoms with Gasteiger partial charge < -0.3 is 23.8 Å². The van der Waals surface area contributed by atoms with Gasteiger partial charge >= 0.3 is 0 Å². The van der Waals surface area contributed by atoms with E-state index in [4.69, 9.17) is 4.74 Å². The number of aliphatic hydroxyl groups excluding tert-OH is 1. The number of anilines is 2. The molecule has 4 heterocycles. The second kappa shape index (κ2) is 15.6. The fourth-order valence-corrected chi connectivity index (χ4v) is 11.1. The highest BCUT2D eigenvalue weighted by Gasteiger charge is 2.66. The van der Waals surface area contributed by atoms with E-state index in [0.29, 0.717) is 38.2 Å². The summed E-state index contributed by atoms with van der Waals surface area (Å²) in [6.45, 7) is 13.0. The van der Waals surface area contributed by atoms with E-state index in [1.165, 1.54) is 11.1 Å². The van der Waals surface area contributed by atoms with Crippen LogP contribution >= 0.6 is 0 Å². The van der Waals surface area contributed by atoms with Crippen LogP contribution in [-0.2, 0) is 26.5 Å². The van der Waals surface area contributed by atoms with E-state index >= 15 is 4.11 Å². The van der Waals surface area contributed by atoms with Gasteiger partial charge in [0.1, 0.15) is 0 Å². The van der Waals surface area contributed by atoms with Crippen molar-refractivity contribution in [1.82, 2.24) is 15.0 Å². The number of hydrogen-bond donors (Lipinski definition) is 1. The lowest BCUT2D eigenvalue weighted by molar-refractivity contribution is -0.145. The van der Waals surface area contributed by atoms with Crippen molar-refractivity contribution in [3.63, 3.8) is 0 Å². The second-order valence-corrected chi connectivity index (χ2v) is 19.4. The number of aryl methyl sites for hydroxylation is 1. The molecule has 2 aromatic carbocycles. The average Bonchev–Trinajstić information content (AvgIpc) is 3.76. The number of nitrogens with zero attached hydrogens (tertiary/aromatic N) is 5. The fraction of sp³-hybridized carbons (Fsp3) is 0.512. The molecular weight excluding hydrogens is 674 g/mol. The number of rotatable bonds is 13. The number of fused-ring (bicyclic) bond motifs is 2. The molecule has 1 N–H and O–H groups in total. The molecule has 1 unspecified atom stereocenters. The van der Waals surface area contributed by atoms with Crippen molar-refractivity contribution in [2.24, 2.45) is 5.92 Å². The van der Waals surface area contributed by atoms with Crippen LogP contribution in [0.4, 0.5) is 15.5 Å². The minimum atomic E-state index is -3.39. The molecule has 5 atom stereocenters. The number of carbonyl (C=O) groups excluding carboxylic acids is 2. The van der Waals surface area contributed by atoms with Crippen LogP contribution in [0.1, 0.15) is 89.0 Å². The largest absolute Gasteiger partial charge is 0.395 e. The number of aliphatic hydroxyl groups is 1. The van der Waals surface area contributed by atoms with Crippen LogP contribution in [0.15, 0.2) is 78.0 Å². The van der Waals surface area contributed by atoms with Crippen molar-refractivity contribution in [3.05, 3.63) is 94.8 Å². The average molecular weight is 728 g/mol. The maximum Gasteiger partial charge on any atom is 0.264 e. The molecule has 9 nitrogen and oxygen atoms in total. The van der Waals surface area contributed by atoms with Gasteiger partial charge in [-0.25, -0.2) is 0 Å². The Kier molecular flexibility index (Phi) is 11.3. The predicted octanol–water partition coefficient (Wildman–Crippen LogP) is 7.82. The summed E-state index contributed by atoms with van der Waals surface area (Å²) in [5, 5.41) is 18.9. The van der Waals surface area contributed by atoms with E-state index in [9.17, 15) is 14.7 Å². The summed E-state index contributed by atoms with van der Waals surface area (Å²) in [5.74, 6) is -0.852. The predicted molar refractivity (Wildman–Crippen MR) is 205 cm³/mol. The molecule has 1 spiro atoms. The Morgan fingerprint density at radius 3 is 2.58 bits per heavy atom. The molecule has 0 saturated carbocycles. The number of aromatic nitrogens is 3. The van der Waals surface area contributed by atoms with Crippen LogP contribution in [0.3, 0.4) is 0 Å². The first-order valence-electron chi connectivity index (χ1n) is 18.8. The first kappa shape index (κ1) is 37.8. The molecule has 278 valence electrons. The van der Waals surface area contributed by atoms with Gasteiger partial charge in [-0.05, 0) is 89.7 Å². The lowest BCUT2D eigenvalue weighted by atomic mass is 9.82. The molecular formula is C41H54FN5O4Si. The van der Waals surface area contributed by atoms with Gasteiger partial charge in [-0.1, -0.05) is 65.8 Å². The molecule has 0 bridgehead atoms. The third kappa shape index (κ3) is 7.45. The van der Waals surface area contributed by atoms with Gasteiger partial charge in [0.2, 0.25) is 14.3 Å². The number of halogens is 1. The van der Waals surface area contributed by atoms with Gasteiger partial charge in [0, 0.05) is 55.0 Å². The zero-order valence-electron chi connectivity index (χ0n) is 31.5. The number of hydrogen-bond acceptors (Lipinski definition) is 6. The monoisotopic (exact) mass is 727 g/mol. The van der Waals surface area contributed by atoms with E-state index in [0.717, 1.165) is 48.2 Å². The normalized spacial score (nSPS) is 24.2. The van der Waals surface area contributed by atoms with Crippen LogP contribution in [0.2, 0.25) is 18.6 Å². The van der Waals surface area contributed by atoms with E-state index in [1.807, 2.05) is 66.6 Å². The molecule has 11 heteroatoms. The molecule has 2 saturated heterocycles. The summed E-state index contributed by atoms with van der Waals surface area (Å²) in [5.41, 5.74) is 4.46. The summed E-state index contributed by atoms with van der Waals surface area (Å²) in [6.07, 6.45) is 10.2. The number of amides is 2. The Bertz CT molecular complexity index is 1820. The smallest absolute Gasteiger partial charge is 0.264 e. The van der Waals surface area contributed by atoms with Crippen LogP contribution in [-0.4, -0.2) is 66.1 Å². The van der Waals surface area contributed by atoms with E-state index in [1.54, 1.807) is 22.7 Å². The molecule has 3 aromatic rings. The van der Waals surface area contributed by atoms with Crippen LogP contribution in [0.25, 0.3) is 0 Å². The highest BCUT2D eigenvalue weighted by atomic mass is 28.4. The molecule has 2 amide bonds.